The van der Waals surface area contributed by atoms with Crippen molar-refractivity contribution in [2.45, 2.75) is 57.5 Å². The largest absolute Gasteiger partial charge is 0.467 e. The zero-order chi connectivity index (χ0) is 18.4. The van der Waals surface area contributed by atoms with Gasteiger partial charge in [0.15, 0.2) is 0 Å². The van der Waals surface area contributed by atoms with Gasteiger partial charge >= 0.3 is 5.97 Å². The number of halogens is 1. The molecule has 2 unspecified atom stereocenters. The first kappa shape index (κ1) is 22.2. The Morgan fingerprint density at radius 1 is 1.27 bits per heavy atom. The van der Waals surface area contributed by atoms with E-state index >= 15 is 0 Å². The Morgan fingerprint density at radius 3 is 2.42 bits per heavy atom. The molecule has 6 heteroatoms. The van der Waals surface area contributed by atoms with E-state index in [0.717, 1.165) is 24.8 Å². The molecular formula is C20H29ClN2O3. The second-order valence-corrected chi connectivity index (χ2v) is 6.97. The van der Waals surface area contributed by atoms with Gasteiger partial charge in [0.05, 0.1) is 7.11 Å². The van der Waals surface area contributed by atoms with Gasteiger partial charge in [-0.15, -0.1) is 12.4 Å². The summed E-state index contributed by atoms with van der Waals surface area (Å²) in [5, 5.41) is 2.87. The highest BCUT2D eigenvalue weighted by Gasteiger charge is 2.37. The van der Waals surface area contributed by atoms with Crippen LogP contribution in [0.3, 0.4) is 0 Å². The van der Waals surface area contributed by atoms with Crippen molar-refractivity contribution >= 4 is 24.3 Å². The average Bonchev–Trinajstić information content (AvgIpc) is 2.61. The lowest BCUT2D eigenvalue weighted by atomic mass is 9.87. The number of hydrogen-bond donors (Lipinski definition) is 2. The number of hydrogen-bond acceptors (Lipinski definition) is 4. The molecule has 1 aliphatic carbocycles. The van der Waals surface area contributed by atoms with E-state index < -0.39 is 11.5 Å². The summed E-state index contributed by atoms with van der Waals surface area (Å²) in [7, 11) is 1.35. The van der Waals surface area contributed by atoms with Gasteiger partial charge in [-0.25, -0.2) is 4.79 Å². The van der Waals surface area contributed by atoms with Crippen molar-refractivity contribution in [1.82, 2.24) is 5.32 Å². The van der Waals surface area contributed by atoms with Crippen LogP contribution in [0.15, 0.2) is 35.9 Å². The number of ether oxygens (including phenoxy) is 1. The number of benzene rings is 1. The van der Waals surface area contributed by atoms with Crippen LogP contribution in [0.4, 0.5) is 0 Å². The first-order valence-corrected chi connectivity index (χ1v) is 8.80. The third-order valence-corrected chi connectivity index (χ3v) is 4.69. The maximum absolute atomic E-state index is 12.6. The SMILES string of the molecule is COC(=O)C(C)(CC1=CCCCC1)NC(=O)c1ccc(C(C)N)cc1.Cl. The number of carbonyl (C=O) groups is 2. The lowest BCUT2D eigenvalue weighted by Gasteiger charge is -2.30. The molecular weight excluding hydrogens is 352 g/mol. The Balaban J connectivity index is 0.00000338. The topological polar surface area (TPSA) is 81.4 Å². The summed E-state index contributed by atoms with van der Waals surface area (Å²) in [6.07, 6.45) is 6.94. The van der Waals surface area contributed by atoms with Crippen molar-refractivity contribution in [2.75, 3.05) is 7.11 Å². The second kappa shape index (κ2) is 9.74. The molecule has 0 radical (unpaired) electrons. The summed E-state index contributed by atoms with van der Waals surface area (Å²) in [6, 6.07) is 7.03. The molecule has 2 atom stereocenters. The molecule has 0 saturated heterocycles. The van der Waals surface area contributed by atoms with Gasteiger partial charge < -0.3 is 15.8 Å². The van der Waals surface area contributed by atoms with E-state index in [2.05, 4.69) is 11.4 Å². The average molecular weight is 381 g/mol. The van der Waals surface area contributed by atoms with Crippen molar-refractivity contribution in [2.24, 2.45) is 5.73 Å². The molecule has 0 bridgehead atoms. The fourth-order valence-corrected chi connectivity index (χ4v) is 3.17. The summed E-state index contributed by atoms with van der Waals surface area (Å²) in [4.78, 5) is 25.0. The van der Waals surface area contributed by atoms with Gasteiger partial charge in [-0.05, 0) is 57.2 Å². The lowest BCUT2D eigenvalue weighted by molar-refractivity contribution is -0.147. The van der Waals surface area contributed by atoms with Gasteiger partial charge in [0.2, 0.25) is 0 Å². The third kappa shape index (κ3) is 5.58. The van der Waals surface area contributed by atoms with Crippen LogP contribution in [0.5, 0.6) is 0 Å². The number of carbonyl (C=O) groups excluding carboxylic acids is 2. The molecule has 1 aromatic carbocycles. The zero-order valence-electron chi connectivity index (χ0n) is 15.7. The van der Waals surface area contributed by atoms with Gasteiger partial charge in [0, 0.05) is 18.0 Å². The van der Waals surface area contributed by atoms with Gasteiger partial charge in [-0.2, -0.15) is 0 Å². The van der Waals surface area contributed by atoms with Gasteiger partial charge in [0.25, 0.3) is 5.91 Å². The number of nitrogens with one attached hydrogen (secondary N) is 1. The minimum absolute atomic E-state index is 0. The Labute approximate surface area is 161 Å². The minimum atomic E-state index is -1.07. The minimum Gasteiger partial charge on any atom is -0.467 e. The Hall–Kier alpha value is -1.85. The standard InChI is InChI=1S/C20H28N2O3.ClH/c1-14(21)16-9-11-17(12-10-16)18(23)22-20(2,19(24)25-3)13-15-7-5-4-6-8-15;/h7,9-12,14H,4-6,8,13,21H2,1-3H3,(H,22,23);1H. The molecule has 26 heavy (non-hydrogen) atoms. The molecule has 1 aliphatic rings. The van der Waals surface area contributed by atoms with E-state index in [-0.39, 0.29) is 24.4 Å². The van der Waals surface area contributed by atoms with Crippen molar-refractivity contribution in [3.63, 3.8) is 0 Å². The van der Waals surface area contributed by atoms with Gasteiger partial charge in [-0.1, -0.05) is 23.8 Å². The van der Waals surface area contributed by atoms with Crippen molar-refractivity contribution in [3.05, 3.63) is 47.0 Å². The van der Waals surface area contributed by atoms with Crippen LogP contribution in [-0.4, -0.2) is 24.5 Å². The summed E-state index contributed by atoms with van der Waals surface area (Å²) < 4.78 is 4.95. The molecule has 5 nitrogen and oxygen atoms in total. The fraction of sp³-hybridized carbons (Fsp3) is 0.500. The van der Waals surface area contributed by atoms with Crippen molar-refractivity contribution in [3.8, 4) is 0 Å². The van der Waals surface area contributed by atoms with Crippen LogP contribution in [0.25, 0.3) is 0 Å². The maximum Gasteiger partial charge on any atom is 0.331 e. The molecule has 3 N–H and O–H groups in total. The lowest BCUT2D eigenvalue weighted by Crippen LogP contribution is -2.53. The van der Waals surface area contributed by atoms with E-state index in [1.54, 1.807) is 19.1 Å². The van der Waals surface area contributed by atoms with Crippen LogP contribution in [0.2, 0.25) is 0 Å². The van der Waals surface area contributed by atoms with Crippen LogP contribution >= 0.6 is 12.4 Å². The summed E-state index contributed by atoms with van der Waals surface area (Å²) in [5.74, 6) is -0.722. The number of amides is 1. The highest BCUT2D eigenvalue weighted by molar-refractivity contribution is 5.98. The van der Waals surface area contributed by atoms with E-state index in [1.165, 1.54) is 19.1 Å². The highest BCUT2D eigenvalue weighted by atomic mass is 35.5. The Kier molecular flexibility index (Phi) is 8.31. The van der Waals surface area contributed by atoms with E-state index in [1.807, 2.05) is 19.1 Å². The van der Waals surface area contributed by atoms with Crippen molar-refractivity contribution < 1.29 is 14.3 Å². The quantitative estimate of drug-likeness (QED) is 0.582. The molecule has 1 amide bonds. The number of rotatable bonds is 6. The first-order chi connectivity index (χ1) is 11.9. The van der Waals surface area contributed by atoms with E-state index in [0.29, 0.717) is 12.0 Å². The maximum atomic E-state index is 12.6. The Bertz CT molecular complexity index is 656. The molecule has 0 aliphatic heterocycles. The monoisotopic (exact) mass is 380 g/mol. The number of methoxy groups -OCH3 is 1. The molecule has 0 saturated carbocycles. The molecule has 0 heterocycles. The van der Waals surface area contributed by atoms with Crippen LogP contribution in [0, 0.1) is 0 Å². The zero-order valence-corrected chi connectivity index (χ0v) is 16.5. The molecule has 0 aromatic heterocycles. The van der Waals surface area contributed by atoms with Crippen molar-refractivity contribution in [1.29, 1.82) is 0 Å². The summed E-state index contributed by atoms with van der Waals surface area (Å²) in [5.41, 5.74) is 7.42. The van der Waals surface area contributed by atoms with E-state index in [4.69, 9.17) is 10.5 Å². The van der Waals surface area contributed by atoms with Gasteiger partial charge in [0.1, 0.15) is 5.54 Å². The van der Waals surface area contributed by atoms with Gasteiger partial charge in [-0.3, -0.25) is 4.79 Å². The van der Waals surface area contributed by atoms with Crippen LogP contribution < -0.4 is 11.1 Å². The van der Waals surface area contributed by atoms with Crippen LogP contribution in [-0.2, 0) is 9.53 Å². The normalized spacial score (nSPS) is 17.2. The molecule has 1 aromatic rings. The number of nitrogens with two attached hydrogens (primary N) is 1. The number of allylic oxidation sites excluding steroid dienone is 1. The smallest absolute Gasteiger partial charge is 0.331 e. The molecule has 144 valence electrons. The molecule has 2 rings (SSSR count). The predicted octanol–water partition coefficient (Wildman–Crippen LogP) is 3.68. The molecule has 0 fully saturated rings. The first-order valence-electron chi connectivity index (χ1n) is 8.80. The molecule has 0 spiro atoms. The fourth-order valence-electron chi connectivity index (χ4n) is 3.17. The number of esters is 1. The highest BCUT2D eigenvalue weighted by Crippen LogP contribution is 2.27. The second-order valence-electron chi connectivity index (χ2n) is 6.97. The summed E-state index contributed by atoms with van der Waals surface area (Å²) >= 11 is 0. The predicted molar refractivity (Wildman–Crippen MR) is 105 cm³/mol. The Morgan fingerprint density at radius 2 is 1.92 bits per heavy atom. The third-order valence-electron chi connectivity index (χ3n) is 4.69. The summed E-state index contributed by atoms with van der Waals surface area (Å²) in [6.45, 7) is 3.61. The van der Waals surface area contributed by atoms with Crippen LogP contribution in [0.1, 0.15) is 67.9 Å². The van der Waals surface area contributed by atoms with E-state index in [9.17, 15) is 9.59 Å².